The van der Waals surface area contributed by atoms with E-state index in [0.29, 0.717) is 42.8 Å². The summed E-state index contributed by atoms with van der Waals surface area (Å²) in [4.78, 5) is 15.0. The monoisotopic (exact) mass is 490 g/mol. The fraction of sp³-hybridized carbons (Fsp3) is 0.458. The van der Waals surface area contributed by atoms with Gasteiger partial charge in [-0.3, -0.25) is 4.79 Å². The molecule has 0 N–H and O–H groups in total. The lowest BCUT2D eigenvalue weighted by Gasteiger charge is -2.28. The maximum absolute atomic E-state index is 13.2. The van der Waals surface area contributed by atoms with Gasteiger partial charge in [0.2, 0.25) is 15.9 Å². The third-order valence-corrected chi connectivity index (χ3v) is 7.96. The highest BCUT2D eigenvalue weighted by atomic mass is 32.2. The Hall–Kier alpha value is -2.98. The maximum atomic E-state index is 13.2. The predicted octanol–water partition coefficient (Wildman–Crippen LogP) is 2.85. The summed E-state index contributed by atoms with van der Waals surface area (Å²) in [7, 11) is 0.669. The number of likely N-dealkylation sites (tertiary alicyclic amines) is 1. The van der Waals surface area contributed by atoms with Gasteiger partial charge >= 0.3 is 0 Å². The van der Waals surface area contributed by atoms with Crippen molar-refractivity contribution in [1.29, 1.82) is 0 Å². The summed E-state index contributed by atoms with van der Waals surface area (Å²) >= 11 is 0. The molecule has 34 heavy (non-hydrogen) atoms. The Kier molecular flexibility index (Phi) is 7.18. The molecule has 9 nitrogen and oxygen atoms in total. The van der Waals surface area contributed by atoms with Crippen LogP contribution in [0.2, 0.25) is 0 Å². The molecule has 2 aromatic rings. The Morgan fingerprint density at radius 3 is 2.56 bits per heavy atom. The summed E-state index contributed by atoms with van der Waals surface area (Å²) < 4.78 is 49.5. The molecule has 0 radical (unpaired) electrons. The number of benzene rings is 2. The second-order valence-electron chi connectivity index (χ2n) is 8.27. The number of hydrogen-bond acceptors (Lipinski definition) is 7. The predicted molar refractivity (Wildman–Crippen MR) is 125 cm³/mol. The lowest BCUT2D eigenvalue weighted by molar-refractivity contribution is -0.132. The summed E-state index contributed by atoms with van der Waals surface area (Å²) in [6, 6.07) is 9.85. The number of rotatable bonds is 7. The number of hydrogen-bond donors (Lipinski definition) is 0. The number of methoxy groups -OCH3 is 2. The Balaban J connectivity index is 1.51. The minimum atomic E-state index is -3.90. The quantitative estimate of drug-likeness (QED) is 0.589. The van der Waals surface area contributed by atoms with Crippen LogP contribution in [0.1, 0.15) is 30.9 Å². The summed E-state index contributed by atoms with van der Waals surface area (Å²) in [5.41, 5.74) is 0.877. The molecule has 1 unspecified atom stereocenters. The van der Waals surface area contributed by atoms with Crippen molar-refractivity contribution in [3.63, 3.8) is 0 Å². The highest BCUT2D eigenvalue weighted by Gasteiger charge is 2.34. The first-order valence-electron chi connectivity index (χ1n) is 11.2. The van der Waals surface area contributed by atoms with Crippen molar-refractivity contribution in [2.75, 3.05) is 47.6 Å². The molecular weight excluding hydrogens is 460 g/mol. The van der Waals surface area contributed by atoms with Gasteiger partial charge in [-0.25, -0.2) is 8.42 Å². The van der Waals surface area contributed by atoms with E-state index >= 15 is 0 Å². The zero-order valence-electron chi connectivity index (χ0n) is 19.7. The van der Waals surface area contributed by atoms with Gasteiger partial charge in [0.05, 0.1) is 44.9 Å². The van der Waals surface area contributed by atoms with Crippen molar-refractivity contribution in [2.45, 2.75) is 30.2 Å². The minimum absolute atomic E-state index is 0.0573. The van der Waals surface area contributed by atoms with E-state index in [1.165, 1.54) is 19.2 Å². The first-order valence-corrected chi connectivity index (χ1v) is 12.7. The van der Waals surface area contributed by atoms with Crippen molar-refractivity contribution >= 4 is 15.9 Å². The van der Waals surface area contributed by atoms with Crippen LogP contribution in [0.3, 0.4) is 0 Å². The van der Waals surface area contributed by atoms with E-state index in [9.17, 15) is 13.2 Å². The van der Waals surface area contributed by atoms with Crippen LogP contribution in [0.15, 0.2) is 41.3 Å². The zero-order valence-corrected chi connectivity index (χ0v) is 20.5. The SMILES string of the molecule is COc1ccc(C2CCCN2C(=O)CN(C)S(=O)(=O)c2ccc3c(c2)OCCCO3)c(OC)c1. The maximum Gasteiger partial charge on any atom is 0.243 e. The number of ether oxygens (including phenoxy) is 4. The van der Waals surface area contributed by atoms with Gasteiger partial charge in [0.1, 0.15) is 11.5 Å². The third-order valence-electron chi connectivity index (χ3n) is 6.16. The molecule has 184 valence electrons. The molecule has 0 aliphatic carbocycles. The molecule has 0 bridgehead atoms. The van der Waals surface area contributed by atoms with Crippen molar-refractivity contribution in [1.82, 2.24) is 9.21 Å². The molecule has 2 aliphatic heterocycles. The van der Waals surface area contributed by atoms with Crippen LogP contribution in [0.4, 0.5) is 0 Å². The van der Waals surface area contributed by atoms with Gasteiger partial charge in [-0.1, -0.05) is 0 Å². The summed E-state index contributed by atoms with van der Waals surface area (Å²) in [6.45, 7) is 1.25. The van der Waals surface area contributed by atoms with E-state index in [1.807, 2.05) is 12.1 Å². The number of nitrogens with zero attached hydrogens (tertiary/aromatic N) is 2. The molecule has 1 fully saturated rings. The number of carbonyl (C=O) groups is 1. The van der Waals surface area contributed by atoms with E-state index < -0.39 is 10.0 Å². The lowest BCUT2D eigenvalue weighted by Crippen LogP contribution is -2.40. The van der Waals surface area contributed by atoms with Gasteiger partial charge in [-0.2, -0.15) is 4.31 Å². The Labute approximate surface area is 200 Å². The minimum Gasteiger partial charge on any atom is -0.497 e. The topological polar surface area (TPSA) is 94.6 Å². The summed E-state index contributed by atoms with van der Waals surface area (Å²) in [6.07, 6.45) is 2.32. The number of amides is 1. The van der Waals surface area contributed by atoms with Gasteiger partial charge in [0, 0.05) is 37.7 Å². The highest BCUT2D eigenvalue weighted by molar-refractivity contribution is 7.89. The molecule has 0 spiro atoms. The summed E-state index contributed by atoms with van der Waals surface area (Å²) in [5.74, 6) is 1.95. The van der Waals surface area contributed by atoms with Gasteiger partial charge in [-0.15, -0.1) is 0 Å². The van der Waals surface area contributed by atoms with Gasteiger partial charge < -0.3 is 23.8 Å². The fourth-order valence-corrected chi connectivity index (χ4v) is 5.47. The molecule has 10 heteroatoms. The van der Waals surface area contributed by atoms with E-state index in [4.69, 9.17) is 18.9 Å². The first-order chi connectivity index (χ1) is 16.3. The molecule has 4 rings (SSSR count). The molecule has 1 saturated heterocycles. The Bertz CT molecular complexity index is 1150. The van der Waals surface area contributed by atoms with E-state index in [1.54, 1.807) is 31.3 Å². The Morgan fingerprint density at radius 2 is 1.82 bits per heavy atom. The van der Waals surface area contributed by atoms with Crippen LogP contribution < -0.4 is 18.9 Å². The third kappa shape index (κ3) is 4.78. The smallest absolute Gasteiger partial charge is 0.243 e. The number of likely N-dealkylation sites (N-methyl/N-ethyl adjacent to an activating group) is 1. The zero-order chi connectivity index (χ0) is 24.3. The molecule has 2 aromatic carbocycles. The molecule has 1 amide bonds. The average molecular weight is 491 g/mol. The van der Waals surface area contributed by atoms with Crippen LogP contribution in [-0.2, 0) is 14.8 Å². The largest absolute Gasteiger partial charge is 0.497 e. The van der Waals surface area contributed by atoms with Crippen molar-refractivity contribution in [3.8, 4) is 23.0 Å². The Morgan fingerprint density at radius 1 is 1.06 bits per heavy atom. The van der Waals surface area contributed by atoms with Crippen LogP contribution in [-0.4, -0.2) is 71.1 Å². The highest BCUT2D eigenvalue weighted by Crippen LogP contribution is 2.39. The molecule has 0 aromatic heterocycles. The number of carbonyl (C=O) groups excluding carboxylic acids is 1. The van der Waals surface area contributed by atoms with E-state index in [0.717, 1.165) is 29.1 Å². The van der Waals surface area contributed by atoms with Gasteiger partial charge in [-0.05, 0) is 37.1 Å². The molecule has 1 atom stereocenters. The lowest BCUT2D eigenvalue weighted by atomic mass is 10.0. The van der Waals surface area contributed by atoms with E-state index in [-0.39, 0.29) is 23.4 Å². The van der Waals surface area contributed by atoms with Crippen LogP contribution >= 0.6 is 0 Å². The van der Waals surface area contributed by atoms with Crippen molar-refractivity contribution in [2.24, 2.45) is 0 Å². The average Bonchev–Trinajstić information content (AvgIpc) is 3.21. The van der Waals surface area contributed by atoms with Crippen LogP contribution in [0.5, 0.6) is 23.0 Å². The normalized spacial score (nSPS) is 18.0. The second-order valence-corrected chi connectivity index (χ2v) is 10.3. The number of fused-ring (bicyclic) bond motifs is 1. The van der Waals surface area contributed by atoms with Gasteiger partial charge in [0.25, 0.3) is 0 Å². The summed E-state index contributed by atoms with van der Waals surface area (Å²) in [5, 5.41) is 0. The first kappa shape index (κ1) is 24.2. The molecular formula is C24H30N2O7S. The van der Waals surface area contributed by atoms with Crippen molar-refractivity contribution in [3.05, 3.63) is 42.0 Å². The molecule has 2 heterocycles. The van der Waals surface area contributed by atoms with E-state index in [2.05, 4.69) is 0 Å². The van der Waals surface area contributed by atoms with Gasteiger partial charge in [0.15, 0.2) is 11.5 Å². The number of sulfonamides is 1. The molecule has 0 saturated carbocycles. The standard InChI is InChI=1S/C24H30N2O7S/c1-25(34(28,29)18-8-10-21-23(15-18)33-13-5-12-32-21)16-24(27)26-11-4-6-20(26)19-9-7-17(30-2)14-22(19)31-3/h7-10,14-15,20H,4-6,11-13,16H2,1-3H3. The molecule has 2 aliphatic rings. The van der Waals surface area contributed by atoms with Crippen LogP contribution in [0, 0.1) is 0 Å². The fourth-order valence-electron chi connectivity index (χ4n) is 4.33. The second kappa shape index (κ2) is 10.1. The van der Waals surface area contributed by atoms with Crippen molar-refractivity contribution < 1.29 is 32.2 Å². The van der Waals surface area contributed by atoms with Crippen LogP contribution in [0.25, 0.3) is 0 Å².